The molecular weight excluding hydrogens is 402 g/mol. The minimum atomic E-state index is 0.531. The van der Waals surface area contributed by atoms with E-state index in [-0.39, 0.29) is 0 Å². The summed E-state index contributed by atoms with van der Waals surface area (Å²) in [5.41, 5.74) is 1.56. The predicted octanol–water partition coefficient (Wildman–Crippen LogP) is 4.25. The van der Waals surface area contributed by atoms with Gasteiger partial charge in [0.2, 0.25) is 5.75 Å². The smallest absolute Gasteiger partial charge is 0.203 e. The zero-order valence-electron chi connectivity index (χ0n) is 15.2. The van der Waals surface area contributed by atoms with Crippen LogP contribution in [0.5, 0.6) is 28.7 Å². The Morgan fingerprint density at radius 2 is 1.50 bits per heavy atom. The van der Waals surface area contributed by atoms with E-state index in [2.05, 4.69) is 20.9 Å². The van der Waals surface area contributed by atoms with Crippen LogP contribution in [-0.4, -0.2) is 46.6 Å². The molecule has 140 valence electrons. The Kier molecular flexibility index (Phi) is 7.59. The Labute approximate surface area is 161 Å². The largest absolute Gasteiger partial charge is 0.493 e. The topological polar surface area (TPSA) is 58.5 Å². The third-order valence-electron chi connectivity index (χ3n) is 3.53. The number of hydrogen-bond acceptors (Lipinski definition) is 6. The summed E-state index contributed by atoms with van der Waals surface area (Å²) >= 11 is 3.35. The van der Waals surface area contributed by atoms with Crippen LogP contribution in [0.25, 0.3) is 0 Å². The number of hydrogen-bond donors (Lipinski definition) is 0. The molecule has 0 aromatic heterocycles. The second kappa shape index (κ2) is 9.91. The Morgan fingerprint density at radius 1 is 0.846 bits per heavy atom. The highest BCUT2D eigenvalue weighted by atomic mass is 79.9. The van der Waals surface area contributed by atoms with Gasteiger partial charge in [0.15, 0.2) is 23.0 Å². The molecule has 0 amide bonds. The second-order valence-corrected chi connectivity index (χ2v) is 5.88. The molecule has 2 aromatic rings. The van der Waals surface area contributed by atoms with Crippen molar-refractivity contribution < 1.29 is 23.7 Å². The van der Waals surface area contributed by atoms with Gasteiger partial charge in [-0.2, -0.15) is 0 Å². The van der Waals surface area contributed by atoms with Crippen molar-refractivity contribution in [2.75, 3.05) is 40.4 Å². The Balaban J connectivity index is 2.31. The number of nitrogens with zero attached hydrogens (tertiary/aromatic N) is 1. The summed E-state index contributed by atoms with van der Waals surface area (Å²) in [5, 5.41) is 0.736. The van der Waals surface area contributed by atoms with Crippen LogP contribution in [-0.2, 0) is 0 Å². The van der Waals surface area contributed by atoms with E-state index in [0.717, 1.165) is 10.9 Å². The van der Waals surface area contributed by atoms with Gasteiger partial charge < -0.3 is 23.7 Å². The van der Waals surface area contributed by atoms with Crippen LogP contribution in [0.1, 0.15) is 5.56 Å². The van der Waals surface area contributed by atoms with Crippen LogP contribution in [0.3, 0.4) is 0 Å². The summed E-state index contributed by atoms with van der Waals surface area (Å²) < 4.78 is 27.0. The fourth-order valence-corrected chi connectivity index (χ4v) is 2.49. The van der Waals surface area contributed by atoms with Crippen LogP contribution in [0, 0.1) is 0 Å². The lowest BCUT2D eigenvalue weighted by Gasteiger charge is -2.12. The van der Waals surface area contributed by atoms with Gasteiger partial charge in [0, 0.05) is 23.7 Å². The van der Waals surface area contributed by atoms with Gasteiger partial charge in [0.25, 0.3) is 0 Å². The highest BCUT2D eigenvalue weighted by Crippen LogP contribution is 2.40. The molecule has 0 radical (unpaired) electrons. The molecular formula is C19H22BrNO5. The molecule has 0 aliphatic carbocycles. The van der Waals surface area contributed by atoms with Gasteiger partial charge in [-0.1, -0.05) is 15.9 Å². The number of rotatable bonds is 9. The summed E-state index contributed by atoms with van der Waals surface area (Å²) in [5.74, 6) is 2.98. The number of halogens is 1. The lowest BCUT2D eigenvalue weighted by atomic mass is 10.2. The van der Waals surface area contributed by atoms with E-state index in [1.54, 1.807) is 46.8 Å². The van der Waals surface area contributed by atoms with Gasteiger partial charge in [-0.25, -0.2) is 0 Å². The molecule has 0 aliphatic rings. The first-order valence-electron chi connectivity index (χ1n) is 7.87. The minimum absolute atomic E-state index is 0.531. The van der Waals surface area contributed by atoms with Crippen LogP contribution in [0.2, 0.25) is 0 Å². The van der Waals surface area contributed by atoms with E-state index < -0.39 is 0 Å². The van der Waals surface area contributed by atoms with Crippen molar-refractivity contribution >= 4 is 27.8 Å². The highest BCUT2D eigenvalue weighted by molar-refractivity contribution is 9.09. The van der Waals surface area contributed by atoms with Gasteiger partial charge in [-0.05, 0) is 23.8 Å². The summed E-state index contributed by atoms with van der Waals surface area (Å²) in [6.07, 6.45) is 1.74. The lowest BCUT2D eigenvalue weighted by Crippen LogP contribution is -2.00. The molecule has 0 unspecified atom stereocenters. The molecule has 0 aliphatic heterocycles. The molecule has 6 nitrogen and oxygen atoms in total. The van der Waals surface area contributed by atoms with Crippen molar-refractivity contribution in [2.45, 2.75) is 0 Å². The van der Waals surface area contributed by atoms with Crippen molar-refractivity contribution in [3.8, 4) is 28.7 Å². The first kappa shape index (κ1) is 19.9. The molecule has 0 saturated carbocycles. The molecule has 26 heavy (non-hydrogen) atoms. The van der Waals surface area contributed by atoms with E-state index in [9.17, 15) is 0 Å². The van der Waals surface area contributed by atoms with Crippen LogP contribution in [0.4, 0.5) is 5.69 Å². The van der Waals surface area contributed by atoms with E-state index >= 15 is 0 Å². The molecule has 0 bridgehead atoms. The maximum atomic E-state index is 5.68. The molecule has 2 aromatic carbocycles. The quantitative estimate of drug-likeness (QED) is 0.445. The number of benzene rings is 2. The third kappa shape index (κ3) is 4.82. The maximum Gasteiger partial charge on any atom is 0.203 e. The summed E-state index contributed by atoms with van der Waals surface area (Å²) in [4.78, 5) is 4.50. The van der Waals surface area contributed by atoms with Crippen molar-refractivity contribution in [2.24, 2.45) is 4.99 Å². The minimum Gasteiger partial charge on any atom is -0.493 e. The molecule has 0 atom stereocenters. The van der Waals surface area contributed by atoms with Crippen LogP contribution < -0.4 is 23.7 Å². The van der Waals surface area contributed by atoms with Crippen LogP contribution >= 0.6 is 15.9 Å². The Morgan fingerprint density at radius 3 is 2.04 bits per heavy atom. The van der Waals surface area contributed by atoms with Crippen molar-refractivity contribution in [3.05, 3.63) is 35.9 Å². The normalized spacial score (nSPS) is 10.7. The summed E-state index contributed by atoms with van der Waals surface area (Å²) in [6, 6.07) is 9.19. The highest BCUT2D eigenvalue weighted by Gasteiger charge is 2.12. The summed E-state index contributed by atoms with van der Waals surface area (Å²) in [6.45, 7) is 0.545. The molecule has 0 heterocycles. The molecule has 0 N–H and O–H groups in total. The van der Waals surface area contributed by atoms with Gasteiger partial charge in [-0.15, -0.1) is 0 Å². The van der Waals surface area contributed by atoms with E-state index in [0.29, 0.717) is 41.0 Å². The molecule has 0 fully saturated rings. The molecule has 2 rings (SSSR count). The predicted molar refractivity (Wildman–Crippen MR) is 106 cm³/mol. The number of alkyl halides is 1. The first-order valence-corrected chi connectivity index (χ1v) is 8.99. The van der Waals surface area contributed by atoms with Gasteiger partial charge >= 0.3 is 0 Å². The number of methoxy groups -OCH3 is 4. The molecule has 0 spiro atoms. The van der Waals surface area contributed by atoms with E-state index in [4.69, 9.17) is 23.7 Å². The van der Waals surface area contributed by atoms with E-state index in [1.807, 2.05) is 18.2 Å². The van der Waals surface area contributed by atoms with Crippen molar-refractivity contribution in [3.63, 3.8) is 0 Å². The van der Waals surface area contributed by atoms with Gasteiger partial charge in [-0.3, -0.25) is 4.99 Å². The fraction of sp³-hybridized carbons (Fsp3) is 0.316. The second-order valence-electron chi connectivity index (χ2n) is 5.09. The van der Waals surface area contributed by atoms with Gasteiger partial charge in [0.1, 0.15) is 0 Å². The maximum absolute atomic E-state index is 5.68. The lowest BCUT2D eigenvalue weighted by molar-refractivity contribution is 0.314. The first-order chi connectivity index (χ1) is 12.7. The van der Waals surface area contributed by atoms with E-state index in [1.165, 1.54) is 0 Å². The van der Waals surface area contributed by atoms with Crippen LogP contribution in [0.15, 0.2) is 35.3 Å². The van der Waals surface area contributed by atoms with Crippen molar-refractivity contribution in [1.82, 2.24) is 0 Å². The van der Waals surface area contributed by atoms with Crippen molar-refractivity contribution in [1.29, 1.82) is 0 Å². The SMILES string of the molecule is COc1ccc(C=Nc2cc(OC)c(OC)c(OC)c2)cc1OCCBr. The standard InChI is InChI=1S/C19H22BrNO5/c1-22-15-6-5-13(9-16(15)26-8-7-20)12-21-14-10-17(23-2)19(25-4)18(11-14)24-3/h5-6,9-12H,7-8H2,1-4H3. The Bertz CT molecular complexity index is 739. The average molecular weight is 424 g/mol. The summed E-state index contributed by atoms with van der Waals surface area (Å²) in [7, 11) is 6.32. The fourth-order valence-electron chi connectivity index (χ4n) is 2.33. The van der Waals surface area contributed by atoms with Gasteiger partial charge in [0.05, 0.1) is 40.7 Å². The zero-order valence-corrected chi connectivity index (χ0v) is 16.8. The number of ether oxygens (including phenoxy) is 5. The molecule has 7 heteroatoms. The zero-order chi connectivity index (χ0) is 18.9. The monoisotopic (exact) mass is 423 g/mol. The molecule has 0 saturated heterocycles. The Hall–Kier alpha value is -2.41. The average Bonchev–Trinajstić information content (AvgIpc) is 2.69. The number of aliphatic imine (C=N–C) groups is 1. The third-order valence-corrected chi connectivity index (χ3v) is 3.86.